The lowest BCUT2D eigenvalue weighted by molar-refractivity contribution is -0.148. The van der Waals surface area contributed by atoms with Crippen LogP contribution in [-0.4, -0.2) is 145 Å². The number of likely N-dealkylation sites (N-methyl/N-ethyl adjacent to an activating group) is 1. The summed E-state index contributed by atoms with van der Waals surface area (Å²) in [5.41, 5.74) is 1.36. The monoisotopic (exact) mass is 711 g/mol. The minimum atomic E-state index is -0.585. The molecule has 0 bridgehead atoms. The van der Waals surface area contributed by atoms with Crippen molar-refractivity contribution >= 4 is 29.3 Å². The van der Waals surface area contributed by atoms with Crippen molar-refractivity contribution in [2.45, 2.75) is 108 Å². The molecule has 50 heavy (non-hydrogen) atoms. The normalized spacial score (nSPS) is 31.7. The molecular weight excluding hydrogens is 654 g/mol. The molecule has 5 atom stereocenters. The van der Waals surface area contributed by atoms with Crippen LogP contribution in [0.15, 0.2) is 24.3 Å². The third-order valence-electron chi connectivity index (χ3n) is 12.9. The number of carbonyl (C=O) groups excluding carboxylic acids is 3. The first-order valence-corrected chi connectivity index (χ1v) is 19.7. The van der Waals surface area contributed by atoms with Crippen molar-refractivity contribution in [2.75, 3.05) is 72.7 Å². The summed E-state index contributed by atoms with van der Waals surface area (Å²) in [6, 6.07) is 7.63. The number of amides is 3. The van der Waals surface area contributed by atoms with Gasteiger partial charge in [0.25, 0.3) is 5.91 Å². The summed E-state index contributed by atoms with van der Waals surface area (Å²) in [7, 11) is 2.09. The van der Waals surface area contributed by atoms with Gasteiger partial charge < -0.3 is 29.1 Å². The standard InChI is InChI=1S/C39H58ClN5O5/c1-39(2)14-10-30(11-15-39)45(38(48)35-5-4-20-50-35)31-23-34(37(47)42-18-16-41(3)17-19-42)44(24-31)36(46)33-26-43(29-12-21-49-22-13-29)25-32(33)27-6-8-28(40)9-7-27/h6-9,29-35H,4-5,10-26H2,1-3H3/t31-,32-,33+,34-,35-/m0/s1. The van der Waals surface area contributed by atoms with E-state index in [9.17, 15) is 9.59 Å². The predicted octanol–water partition coefficient (Wildman–Crippen LogP) is 4.25. The van der Waals surface area contributed by atoms with Gasteiger partial charge in [-0.2, -0.15) is 0 Å². The number of ether oxygens (including phenoxy) is 2. The summed E-state index contributed by atoms with van der Waals surface area (Å²) in [4.78, 5) is 54.8. The Kier molecular flexibility index (Phi) is 11.1. The number of likely N-dealkylation sites (tertiary alicyclic amines) is 2. The smallest absolute Gasteiger partial charge is 0.252 e. The molecule has 1 saturated carbocycles. The van der Waals surface area contributed by atoms with Crippen molar-refractivity contribution in [3.05, 3.63) is 34.9 Å². The third-order valence-corrected chi connectivity index (χ3v) is 13.1. The largest absolute Gasteiger partial charge is 0.381 e. The lowest BCUT2D eigenvalue weighted by Crippen LogP contribution is -2.54. The summed E-state index contributed by atoms with van der Waals surface area (Å²) in [6.07, 6.45) is 7.58. The molecule has 0 aromatic heterocycles. The molecule has 5 saturated heterocycles. The van der Waals surface area contributed by atoms with Gasteiger partial charge in [0.2, 0.25) is 11.8 Å². The van der Waals surface area contributed by atoms with E-state index in [4.69, 9.17) is 21.1 Å². The molecule has 10 nitrogen and oxygen atoms in total. The minimum Gasteiger partial charge on any atom is -0.381 e. The quantitative estimate of drug-likeness (QED) is 0.418. The highest BCUT2D eigenvalue weighted by Crippen LogP contribution is 2.42. The molecule has 1 aromatic carbocycles. The number of benzene rings is 1. The summed E-state index contributed by atoms with van der Waals surface area (Å²) >= 11 is 6.32. The van der Waals surface area contributed by atoms with E-state index < -0.39 is 12.1 Å². The zero-order valence-electron chi connectivity index (χ0n) is 30.4. The van der Waals surface area contributed by atoms with E-state index in [0.717, 1.165) is 89.8 Å². The Morgan fingerprint density at radius 1 is 0.840 bits per heavy atom. The maximum Gasteiger partial charge on any atom is 0.252 e. The van der Waals surface area contributed by atoms with Crippen molar-refractivity contribution in [2.24, 2.45) is 11.3 Å². The van der Waals surface area contributed by atoms with Crippen molar-refractivity contribution in [3.8, 4) is 0 Å². The van der Waals surface area contributed by atoms with Crippen LogP contribution >= 0.6 is 11.6 Å². The number of carbonyl (C=O) groups is 3. The SMILES string of the molecule is CN1CCN(C(=O)[C@@H]2C[C@H](N(C(=O)[C@@H]3CCCO3)C3CCC(C)(C)CC3)CN2C(=O)[C@@H]2CN(C3CCOCC3)C[C@H]2c2ccc(Cl)cc2)CC1. The molecule has 7 rings (SSSR count). The highest BCUT2D eigenvalue weighted by atomic mass is 35.5. The maximum absolute atomic E-state index is 15.2. The topological polar surface area (TPSA) is 85.9 Å². The molecule has 276 valence electrons. The second-order valence-electron chi connectivity index (χ2n) is 16.7. The minimum absolute atomic E-state index is 0.00810. The Balaban J connectivity index is 1.20. The van der Waals surface area contributed by atoms with Gasteiger partial charge in [0.1, 0.15) is 12.1 Å². The molecule has 1 aliphatic carbocycles. The number of nitrogens with zero attached hydrogens (tertiary/aromatic N) is 5. The molecule has 0 spiro atoms. The average Bonchev–Trinajstić information content (AvgIpc) is 3.91. The number of halogens is 1. The van der Waals surface area contributed by atoms with Crippen molar-refractivity contribution in [1.29, 1.82) is 0 Å². The molecule has 6 aliphatic rings. The Bertz CT molecular complexity index is 1350. The van der Waals surface area contributed by atoms with Crippen LogP contribution in [0.3, 0.4) is 0 Å². The molecule has 0 unspecified atom stereocenters. The van der Waals surface area contributed by atoms with Crippen LogP contribution in [0, 0.1) is 11.3 Å². The van der Waals surface area contributed by atoms with Crippen molar-refractivity contribution < 1.29 is 23.9 Å². The molecule has 5 heterocycles. The Hall–Kier alpha value is -2.24. The van der Waals surface area contributed by atoms with E-state index in [1.807, 2.05) is 21.9 Å². The fraction of sp³-hybridized carbons (Fsp3) is 0.769. The zero-order valence-corrected chi connectivity index (χ0v) is 31.2. The fourth-order valence-electron chi connectivity index (χ4n) is 9.68. The number of hydrogen-bond donors (Lipinski definition) is 0. The molecule has 5 aliphatic heterocycles. The van der Waals surface area contributed by atoms with Gasteiger partial charge >= 0.3 is 0 Å². The van der Waals surface area contributed by atoms with Gasteiger partial charge in [-0.25, -0.2) is 0 Å². The Labute approximate surface area is 303 Å². The summed E-state index contributed by atoms with van der Waals surface area (Å²) in [5.74, 6) is -0.165. The maximum atomic E-state index is 15.2. The van der Waals surface area contributed by atoms with Crippen LogP contribution in [0.4, 0.5) is 0 Å². The fourth-order valence-corrected chi connectivity index (χ4v) is 9.81. The Morgan fingerprint density at radius 3 is 2.20 bits per heavy atom. The first kappa shape index (κ1) is 36.1. The van der Waals surface area contributed by atoms with Crippen molar-refractivity contribution in [3.63, 3.8) is 0 Å². The summed E-state index contributed by atoms with van der Waals surface area (Å²) < 4.78 is 11.7. The van der Waals surface area contributed by atoms with Gasteiger partial charge in [0, 0.05) is 88.7 Å². The summed E-state index contributed by atoms with van der Waals surface area (Å²) in [5, 5.41) is 0.679. The summed E-state index contributed by atoms with van der Waals surface area (Å²) in [6.45, 7) is 11.5. The van der Waals surface area contributed by atoms with E-state index >= 15 is 4.79 Å². The number of hydrogen-bond acceptors (Lipinski definition) is 7. The highest BCUT2D eigenvalue weighted by molar-refractivity contribution is 6.30. The molecule has 1 aromatic rings. The van der Waals surface area contributed by atoms with Crippen LogP contribution in [0.2, 0.25) is 5.02 Å². The molecule has 11 heteroatoms. The highest BCUT2D eigenvalue weighted by Gasteiger charge is 2.51. The van der Waals surface area contributed by atoms with E-state index in [1.54, 1.807) is 0 Å². The molecule has 6 fully saturated rings. The lowest BCUT2D eigenvalue weighted by atomic mass is 9.75. The number of rotatable bonds is 7. The van der Waals surface area contributed by atoms with Crippen LogP contribution < -0.4 is 0 Å². The van der Waals surface area contributed by atoms with Crippen LogP contribution in [0.5, 0.6) is 0 Å². The van der Waals surface area contributed by atoms with Gasteiger partial charge in [-0.1, -0.05) is 37.6 Å². The second-order valence-corrected chi connectivity index (χ2v) is 17.2. The van der Waals surface area contributed by atoms with Crippen LogP contribution in [0.25, 0.3) is 0 Å². The van der Waals surface area contributed by atoms with Crippen LogP contribution in [-0.2, 0) is 23.9 Å². The predicted molar refractivity (Wildman–Crippen MR) is 193 cm³/mol. The second kappa shape index (κ2) is 15.4. The van der Waals surface area contributed by atoms with Gasteiger partial charge in [-0.3, -0.25) is 19.3 Å². The number of piperazine rings is 1. The van der Waals surface area contributed by atoms with Gasteiger partial charge in [-0.05, 0) is 87.9 Å². The van der Waals surface area contributed by atoms with E-state index in [0.29, 0.717) is 50.3 Å². The molecule has 0 radical (unpaired) electrons. The third kappa shape index (κ3) is 7.75. The first-order chi connectivity index (χ1) is 24.1. The van der Waals surface area contributed by atoms with E-state index in [-0.39, 0.29) is 47.1 Å². The first-order valence-electron chi connectivity index (χ1n) is 19.4. The zero-order chi connectivity index (χ0) is 35.0. The van der Waals surface area contributed by atoms with E-state index in [1.165, 1.54) is 0 Å². The molecular formula is C39H58ClN5O5. The van der Waals surface area contributed by atoms with Gasteiger partial charge in [-0.15, -0.1) is 0 Å². The molecule has 0 N–H and O–H groups in total. The lowest BCUT2D eigenvalue weighted by Gasteiger charge is -2.43. The average molecular weight is 712 g/mol. The molecule has 3 amide bonds. The Morgan fingerprint density at radius 2 is 1.54 bits per heavy atom. The van der Waals surface area contributed by atoms with Crippen molar-refractivity contribution in [1.82, 2.24) is 24.5 Å². The van der Waals surface area contributed by atoms with Gasteiger partial charge in [0.05, 0.1) is 12.0 Å². The van der Waals surface area contributed by atoms with E-state index in [2.05, 4.69) is 47.7 Å². The van der Waals surface area contributed by atoms with Crippen LogP contribution in [0.1, 0.15) is 83.1 Å². The van der Waals surface area contributed by atoms with Gasteiger partial charge in [0.15, 0.2) is 0 Å².